The van der Waals surface area contributed by atoms with Gasteiger partial charge >= 0.3 is 5.97 Å². The van der Waals surface area contributed by atoms with Crippen molar-refractivity contribution in [3.8, 4) is 0 Å². The summed E-state index contributed by atoms with van der Waals surface area (Å²) >= 11 is 3.09. The molecule has 1 aromatic rings. The highest BCUT2D eigenvalue weighted by Gasteiger charge is 2.18. The highest BCUT2D eigenvalue weighted by Crippen LogP contribution is 2.29. The predicted octanol–water partition coefficient (Wildman–Crippen LogP) is 2.45. The van der Waals surface area contributed by atoms with Gasteiger partial charge in [0.05, 0.1) is 22.1 Å². The fraction of sp³-hybridized carbons (Fsp3) is 0.222. The van der Waals surface area contributed by atoms with Crippen molar-refractivity contribution in [2.24, 2.45) is 0 Å². The third kappa shape index (κ3) is 2.33. The molecule has 6 heteroatoms. The largest absolute Gasteiger partial charge is 0.465 e. The summed E-state index contributed by atoms with van der Waals surface area (Å²) in [5.74, 6) is -0.589. The lowest BCUT2D eigenvalue weighted by molar-refractivity contribution is -0.385. The molecule has 0 saturated carbocycles. The van der Waals surface area contributed by atoms with Gasteiger partial charge in [-0.05, 0) is 34.5 Å². The molecule has 0 bridgehead atoms. The van der Waals surface area contributed by atoms with Gasteiger partial charge in [0.2, 0.25) is 0 Å². The maximum absolute atomic E-state index is 11.2. The molecule has 80 valence electrons. The van der Waals surface area contributed by atoms with Crippen LogP contribution in [0, 0.1) is 17.0 Å². The van der Waals surface area contributed by atoms with Gasteiger partial charge in [-0.3, -0.25) is 10.1 Å². The number of benzene rings is 1. The lowest BCUT2D eigenvalue weighted by Crippen LogP contribution is -2.03. The molecule has 0 aromatic heterocycles. The Bertz CT molecular complexity index is 430. The van der Waals surface area contributed by atoms with Crippen molar-refractivity contribution in [3.63, 3.8) is 0 Å². The Morgan fingerprint density at radius 1 is 1.53 bits per heavy atom. The standard InChI is InChI=1S/C9H8BrNO4/c1-5-3-6(9(12)15-2)4-7(8(5)10)11(13)14/h3-4H,1-2H3. The van der Waals surface area contributed by atoms with Gasteiger partial charge in [-0.25, -0.2) is 4.79 Å². The molecule has 0 radical (unpaired) electrons. The van der Waals surface area contributed by atoms with Gasteiger partial charge in [-0.2, -0.15) is 0 Å². The van der Waals surface area contributed by atoms with E-state index in [0.717, 1.165) is 0 Å². The number of hydrogen-bond donors (Lipinski definition) is 0. The van der Waals surface area contributed by atoms with Crippen molar-refractivity contribution in [3.05, 3.63) is 37.8 Å². The van der Waals surface area contributed by atoms with Gasteiger partial charge in [0.25, 0.3) is 5.69 Å². The number of ether oxygens (including phenoxy) is 1. The summed E-state index contributed by atoms with van der Waals surface area (Å²) in [6.45, 7) is 1.67. The van der Waals surface area contributed by atoms with Gasteiger partial charge in [0, 0.05) is 6.07 Å². The van der Waals surface area contributed by atoms with E-state index < -0.39 is 10.9 Å². The highest BCUT2D eigenvalue weighted by molar-refractivity contribution is 9.10. The number of nitrogens with zero attached hydrogens (tertiary/aromatic N) is 1. The molecule has 0 aliphatic heterocycles. The Morgan fingerprint density at radius 3 is 2.60 bits per heavy atom. The van der Waals surface area contributed by atoms with Crippen molar-refractivity contribution in [2.45, 2.75) is 6.92 Å². The van der Waals surface area contributed by atoms with Crippen LogP contribution in [0.25, 0.3) is 0 Å². The fourth-order valence-corrected chi connectivity index (χ4v) is 1.49. The quantitative estimate of drug-likeness (QED) is 0.472. The first kappa shape index (κ1) is 11.6. The van der Waals surface area contributed by atoms with Crippen LogP contribution in [-0.4, -0.2) is 18.0 Å². The third-order valence-electron chi connectivity index (χ3n) is 1.85. The molecule has 0 heterocycles. The number of methoxy groups -OCH3 is 1. The second-order valence-electron chi connectivity index (χ2n) is 2.87. The zero-order valence-electron chi connectivity index (χ0n) is 8.11. The van der Waals surface area contributed by atoms with E-state index in [2.05, 4.69) is 20.7 Å². The van der Waals surface area contributed by atoms with E-state index in [9.17, 15) is 14.9 Å². The van der Waals surface area contributed by atoms with E-state index in [-0.39, 0.29) is 11.3 Å². The molecule has 0 amide bonds. The van der Waals surface area contributed by atoms with E-state index in [1.165, 1.54) is 19.2 Å². The molecular weight excluding hydrogens is 266 g/mol. The summed E-state index contributed by atoms with van der Waals surface area (Å²) in [5.41, 5.74) is 0.643. The van der Waals surface area contributed by atoms with Crippen LogP contribution in [0.15, 0.2) is 16.6 Å². The monoisotopic (exact) mass is 273 g/mol. The molecular formula is C9H8BrNO4. The number of carbonyl (C=O) groups is 1. The summed E-state index contributed by atoms with van der Waals surface area (Å²) in [6, 6.07) is 2.71. The van der Waals surface area contributed by atoms with Crippen molar-refractivity contribution in [1.29, 1.82) is 0 Å². The van der Waals surface area contributed by atoms with Crippen LogP contribution in [0.5, 0.6) is 0 Å². The van der Waals surface area contributed by atoms with Crippen LogP contribution in [0.4, 0.5) is 5.69 Å². The number of nitro benzene ring substituents is 1. The number of aryl methyl sites for hydroxylation is 1. The molecule has 15 heavy (non-hydrogen) atoms. The Labute approximate surface area is 94.3 Å². The SMILES string of the molecule is COC(=O)c1cc(C)c(Br)c([N+](=O)[O-])c1. The predicted molar refractivity (Wildman–Crippen MR) is 56.9 cm³/mol. The van der Waals surface area contributed by atoms with Gasteiger partial charge in [-0.15, -0.1) is 0 Å². The maximum Gasteiger partial charge on any atom is 0.338 e. The topological polar surface area (TPSA) is 69.4 Å². The average molecular weight is 274 g/mol. The molecule has 0 unspecified atom stereocenters. The van der Waals surface area contributed by atoms with Crippen LogP contribution >= 0.6 is 15.9 Å². The first-order valence-corrected chi connectivity index (χ1v) is 4.79. The minimum absolute atomic E-state index is 0.143. The Balaban J connectivity index is 3.35. The van der Waals surface area contributed by atoms with Crippen molar-refractivity contribution in [1.82, 2.24) is 0 Å². The smallest absolute Gasteiger partial charge is 0.338 e. The number of hydrogen-bond acceptors (Lipinski definition) is 4. The summed E-state index contributed by atoms with van der Waals surface area (Å²) in [4.78, 5) is 21.3. The minimum atomic E-state index is -0.589. The van der Waals surface area contributed by atoms with Gasteiger partial charge in [-0.1, -0.05) is 0 Å². The van der Waals surface area contributed by atoms with E-state index >= 15 is 0 Å². The van der Waals surface area contributed by atoms with Gasteiger partial charge < -0.3 is 4.74 Å². The van der Waals surface area contributed by atoms with Gasteiger partial charge in [0.1, 0.15) is 0 Å². The first-order chi connectivity index (χ1) is 6.97. The molecule has 0 aliphatic carbocycles. The lowest BCUT2D eigenvalue weighted by atomic mass is 10.1. The maximum atomic E-state index is 11.2. The van der Waals surface area contributed by atoms with E-state index in [1.807, 2.05) is 0 Å². The molecule has 0 saturated heterocycles. The van der Waals surface area contributed by atoms with E-state index in [1.54, 1.807) is 6.92 Å². The molecule has 0 N–H and O–H groups in total. The Morgan fingerprint density at radius 2 is 2.13 bits per heavy atom. The molecule has 0 fully saturated rings. The van der Waals surface area contributed by atoms with Crippen molar-refractivity contribution in [2.75, 3.05) is 7.11 Å². The molecule has 1 rings (SSSR count). The second kappa shape index (κ2) is 4.39. The van der Waals surface area contributed by atoms with Crippen LogP contribution in [-0.2, 0) is 4.74 Å². The fourth-order valence-electron chi connectivity index (χ4n) is 1.12. The van der Waals surface area contributed by atoms with Crippen molar-refractivity contribution < 1.29 is 14.5 Å². The molecule has 0 atom stereocenters. The number of rotatable bonds is 2. The van der Waals surface area contributed by atoms with Crippen LogP contribution in [0.2, 0.25) is 0 Å². The number of halogens is 1. The lowest BCUT2D eigenvalue weighted by Gasteiger charge is -2.03. The molecule has 0 aliphatic rings. The summed E-state index contributed by atoms with van der Waals surface area (Å²) in [5, 5.41) is 10.7. The molecule has 1 aromatic carbocycles. The number of esters is 1. The van der Waals surface area contributed by atoms with Gasteiger partial charge in [0.15, 0.2) is 0 Å². The summed E-state index contributed by atoms with van der Waals surface area (Å²) < 4.78 is 4.86. The van der Waals surface area contributed by atoms with E-state index in [4.69, 9.17) is 0 Å². The first-order valence-electron chi connectivity index (χ1n) is 4.00. The molecule has 5 nitrogen and oxygen atoms in total. The third-order valence-corrected chi connectivity index (χ3v) is 2.88. The minimum Gasteiger partial charge on any atom is -0.465 e. The van der Waals surface area contributed by atoms with E-state index in [0.29, 0.717) is 10.0 Å². The Kier molecular flexibility index (Phi) is 3.41. The zero-order valence-corrected chi connectivity index (χ0v) is 9.70. The zero-order chi connectivity index (χ0) is 11.6. The summed E-state index contributed by atoms with van der Waals surface area (Å²) in [7, 11) is 1.23. The number of carbonyl (C=O) groups excluding carboxylic acids is 1. The highest BCUT2D eigenvalue weighted by atomic mass is 79.9. The number of nitro groups is 1. The summed E-state index contributed by atoms with van der Waals surface area (Å²) in [6.07, 6.45) is 0. The van der Waals surface area contributed by atoms with Crippen molar-refractivity contribution >= 4 is 27.6 Å². The van der Waals surface area contributed by atoms with Crippen LogP contribution < -0.4 is 0 Å². The normalized spacial score (nSPS) is 9.80. The van der Waals surface area contributed by atoms with Crippen LogP contribution in [0.3, 0.4) is 0 Å². The molecule has 0 spiro atoms. The second-order valence-corrected chi connectivity index (χ2v) is 3.67. The average Bonchev–Trinajstić information content (AvgIpc) is 2.20. The van der Waals surface area contributed by atoms with Crippen LogP contribution in [0.1, 0.15) is 15.9 Å². The Hall–Kier alpha value is -1.43.